The number of aryl methyl sites for hydroxylation is 2. The maximum absolute atomic E-state index is 12.4. The van der Waals surface area contributed by atoms with Gasteiger partial charge in [0.25, 0.3) is 5.91 Å². The molecule has 0 aliphatic rings. The molecule has 5 heteroatoms. The Morgan fingerprint density at radius 1 is 1.19 bits per heavy atom. The highest BCUT2D eigenvalue weighted by Crippen LogP contribution is 2.21. The summed E-state index contributed by atoms with van der Waals surface area (Å²) >= 11 is 7.90. The van der Waals surface area contributed by atoms with Crippen LogP contribution in [0.15, 0.2) is 42.5 Å². The highest BCUT2D eigenvalue weighted by atomic mass is 35.5. The molecule has 140 valence electrons. The van der Waals surface area contributed by atoms with E-state index < -0.39 is 6.10 Å². The van der Waals surface area contributed by atoms with Gasteiger partial charge in [0.05, 0.1) is 0 Å². The van der Waals surface area contributed by atoms with Gasteiger partial charge in [0.2, 0.25) is 0 Å². The van der Waals surface area contributed by atoms with Gasteiger partial charge in [-0.15, -0.1) is 0 Å². The van der Waals surface area contributed by atoms with E-state index in [9.17, 15) is 4.79 Å². The number of rotatable bonds is 9. The van der Waals surface area contributed by atoms with Gasteiger partial charge in [0.1, 0.15) is 5.75 Å². The van der Waals surface area contributed by atoms with Crippen LogP contribution in [0.1, 0.15) is 30.0 Å². The molecule has 0 aliphatic carbocycles. The molecule has 2 aromatic rings. The average molecular weight is 392 g/mol. The highest BCUT2D eigenvalue weighted by Gasteiger charge is 2.18. The standard InChI is InChI=1S/C21H26ClNO2S/c1-4-20(25-18-12-15(2)11-16(3)13-18)21(24)23-9-10-26-14-17-7-5-6-8-19(17)22/h5-8,11-13,20H,4,9-10,14H2,1-3H3,(H,23,24). The number of benzene rings is 2. The highest BCUT2D eigenvalue weighted by molar-refractivity contribution is 7.98. The summed E-state index contributed by atoms with van der Waals surface area (Å²) < 4.78 is 5.89. The average Bonchev–Trinajstić information content (AvgIpc) is 2.60. The fourth-order valence-corrected chi connectivity index (χ4v) is 3.79. The van der Waals surface area contributed by atoms with Crippen LogP contribution in [-0.4, -0.2) is 24.3 Å². The second-order valence-corrected chi connectivity index (χ2v) is 7.79. The molecule has 3 nitrogen and oxygen atoms in total. The van der Waals surface area contributed by atoms with Crippen LogP contribution in [0.4, 0.5) is 0 Å². The molecule has 0 radical (unpaired) electrons. The molecule has 1 unspecified atom stereocenters. The minimum Gasteiger partial charge on any atom is -0.481 e. The van der Waals surface area contributed by atoms with Gasteiger partial charge < -0.3 is 10.1 Å². The molecular formula is C21H26ClNO2S. The lowest BCUT2D eigenvalue weighted by atomic mass is 10.1. The molecule has 2 aromatic carbocycles. The molecule has 0 fully saturated rings. The van der Waals surface area contributed by atoms with E-state index in [1.54, 1.807) is 11.8 Å². The zero-order valence-electron chi connectivity index (χ0n) is 15.5. The Labute approximate surface area is 165 Å². The smallest absolute Gasteiger partial charge is 0.261 e. The molecule has 0 saturated heterocycles. The summed E-state index contributed by atoms with van der Waals surface area (Å²) in [6.07, 6.45) is 0.163. The molecule has 1 atom stereocenters. The minimum absolute atomic E-state index is 0.0648. The number of halogens is 1. The molecule has 0 heterocycles. The second kappa shape index (κ2) is 10.5. The lowest BCUT2D eigenvalue weighted by Gasteiger charge is -2.18. The Morgan fingerprint density at radius 2 is 1.88 bits per heavy atom. The number of hydrogen-bond donors (Lipinski definition) is 1. The molecule has 26 heavy (non-hydrogen) atoms. The molecule has 1 N–H and O–H groups in total. The van der Waals surface area contributed by atoms with Crippen LogP contribution in [0.2, 0.25) is 5.02 Å². The van der Waals surface area contributed by atoms with Crippen molar-refractivity contribution in [2.45, 2.75) is 39.0 Å². The lowest BCUT2D eigenvalue weighted by molar-refractivity contribution is -0.127. The molecular weight excluding hydrogens is 366 g/mol. The Hall–Kier alpha value is -1.65. The second-order valence-electron chi connectivity index (χ2n) is 6.27. The van der Waals surface area contributed by atoms with E-state index >= 15 is 0 Å². The minimum atomic E-state index is -0.468. The Morgan fingerprint density at radius 3 is 2.54 bits per heavy atom. The fourth-order valence-electron chi connectivity index (χ4n) is 2.65. The van der Waals surface area contributed by atoms with Crippen molar-refractivity contribution < 1.29 is 9.53 Å². The van der Waals surface area contributed by atoms with Crippen molar-refractivity contribution in [3.05, 3.63) is 64.2 Å². The van der Waals surface area contributed by atoms with Gasteiger partial charge in [-0.05, 0) is 55.2 Å². The first-order valence-electron chi connectivity index (χ1n) is 8.83. The van der Waals surface area contributed by atoms with Crippen LogP contribution < -0.4 is 10.1 Å². The van der Waals surface area contributed by atoms with Crippen molar-refractivity contribution >= 4 is 29.3 Å². The van der Waals surface area contributed by atoms with Gasteiger partial charge in [-0.25, -0.2) is 0 Å². The van der Waals surface area contributed by atoms with Crippen LogP contribution in [0.25, 0.3) is 0 Å². The maximum atomic E-state index is 12.4. The van der Waals surface area contributed by atoms with Gasteiger partial charge in [-0.3, -0.25) is 4.79 Å². The van der Waals surface area contributed by atoms with Crippen LogP contribution in [0.5, 0.6) is 5.75 Å². The summed E-state index contributed by atoms with van der Waals surface area (Å²) in [6.45, 7) is 6.62. The number of ether oxygens (including phenoxy) is 1. The van der Waals surface area contributed by atoms with E-state index in [1.807, 2.05) is 57.2 Å². The van der Waals surface area contributed by atoms with E-state index in [2.05, 4.69) is 11.4 Å². The maximum Gasteiger partial charge on any atom is 0.261 e. The molecule has 0 spiro atoms. The van der Waals surface area contributed by atoms with Crippen LogP contribution >= 0.6 is 23.4 Å². The number of amides is 1. The third-order valence-electron chi connectivity index (χ3n) is 3.90. The Bertz CT molecular complexity index is 715. The van der Waals surface area contributed by atoms with Crippen molar-refractivity contribution in [3.8, 4) is 5.75 Å². The monoisotopic (exact) mass is 391 g/mol. The summed E-state index contributed by atoms with van der Waals surface area (Å²) in [7, 11) is 0. The van der Waals surface area contributed by atoms with E-state index in [0.717, 1.165) is 39.0 Å². The number of carbonyl (C=O) groups excluding carboxylic acids is 1. The van der Waals surface area contributed by atoms with Crippen molar-refractivity contribution in [2.75, 3.05) is 12.3 Å². The normalized spacial score (nSPS) is 11.8. The molecule has 0 aliphatic heterocycles. The quantitative estimate of drug-likeness (QED) is 0.599. The van der Waals surface area contributed by atoms with Gasteiger partial charge in [-0.1, -0.05) is 42.8 Å². The first kappa shape index (κ1) is 20.7. The summed E-state index contributed by atoms with van der Waals surface area (Å²) in [5.41, 5.74) is 3.38. The largest absolute Gasteiger partial charge is 0.481 e. The topological polar surface area (TPSA) is 38.3 Å². The third kappa shape index (κ3) is 6.58. The van der Waals surface area contributed by atoms with Crippen LogP contribution in [0, 0.1) is 13.8 Å². The van der Waals surface area contributed by atoms with E-state index in [0.29, 0.717) is 13.0 Å². The fraction of sp³-hybridized carbons (Fsp3) is 0.381. The molecule has 0 aromatic heterocycles. The summed E-state index contributed by atoms with van der Waals surface area (Å²) in [5, 5.41) is 3.76. The molecule has 1 amide bonds. The van der Waals surface area contributed by atoms with E-state index in [1.165, 1.54) is 0 Å². The van der Waals surface area contributed by atoms with Crippen LogP contribution in [0.3, 0.4) is 0 Å². The van der Waals surface area contributed by atoms with E-state index in [4.69, 9.17) is 16.3 Å². The van der Waals surface area contributed by atoms with Crippen LogP contribution in [-0.2, 0) is 10.5 Å². The van der Waals surface area contributed by atoms with Crippen molar-refractivity contribution in [2.24, 2.45) is 0 Å². The molecule has 2 rings (SSSR count). The third-order valence-corrected chi connectivity index (χ3v) is 5.27. The van der Waals surface area contributed by atoms with Gasteiger partial charge in [0, 0.05) is 23.1 Å². The first-order valence-corrected chi connectivity index (χ1v) is 10.4. The number of thioether (sulfide) groups is 1. The zero-order valence-corrected chi connectivity index (χ0v) is 17.1. The van der Waals surface area contributed by atoms with Crippen molar-refractivity contribution in [1.82, 2.24) is 5.32 Å². The lowest BCUT2D eigenvalue weighted by Crippen LogP contribution is -2.39. The van der Waals surface area contributed by atoms with Crippen molar-refractivity contribution in [3.63, 3.8) is 0 Å². The van der Waals surface area contributed by atoms with E-state index in [-0.39, 0.29) is 5.91 Å². The predicted octanol–water partition coefficient (Wildman–Crippen LogP) is 5.16. The van der Waals surface area contributed by atoms with Crippen molar-refractivity contribution in [1.29, 1.82) is 0 Å². The van der Waals surface area contributed by atoms with Gasteiger partial charge in [0.15, 0.2) is 6.10 Å². The number of carbonyl (C=O) groups is 1. The number of hydrogen-bond acceptors (Lipinski definition) is 3. The van der Waals surface area contributed by atoms with Gasteiger partial charge >= 0.3 is 0 Å². The first-order chi connectivity index (χ1) is 12.5. The molecule has 0 bridgehead atoms. The summed E-state index contributed by atoms with van der Waals surface area (Å²) in [4.78, 5) is 12.4. The zero-order chi connectivity index (χ0) is 18.9. The predicted molar refractivity (Wildman–Crippen MR) is 111 cm³/mol. The summed E-state index contributed by atoms with van der Waals surface area (Å²) in [6, 6.07) is 13.8. The van der Waals surface area contributed by atoms with Gasteiger partial charge in [-0.2, -0.15) is 11.8 Å². The SMILES string of the molecule is CCC(Oc1cc(C)cc(C)c1)C(=O)NCCSCc1ccccc1Cl. The Kier molecular flexibility index (Phi) is 8.33. The number of nitrogens with one attached hydrogen (secondary N) is 1. The summed E-state index contributed by atoms with van der Waals surface area (Å²) in [5.74, 6) is 2.35. The molecule has 0 saturated carbocycles. The Balaban J connectivity index is 1.75.